The van der Waals surface area contributed by atoms with Gasteiger partial charge in [0, 0.05) is 6.04 Å². The topological polar surface area (TPSA) is 101 Å². The summed E-state index contributed by atoms with van der Waals surface area (Å²) in [5, 5.41) is 9.14. The highest BCUT2D eigenvalue weighted by Gasteiger charge is 2.31. The van der Waals surface area contributed by atoms with E-state index in [1.165, 1.54) is 12.1 Å². The third-order valence-electron chi connectivity index (χ3n) is 2.99. The summed E-state index contributed by atoms with van der Waals surface area (Å²) < 4.78 is 49.3. The fourth-order valence-corrected chi connectivity index (χ4v) is 5.35. The van der Waals surface area contributed by atoms with Crippen LogP contribution in [-0.4, -0.2) is 39.5 Å². The van der Waals surface area contributed by atoms with Crippen molar-refractivity contribution in [3.8, 4) is 0 Å². The maximum atomic E-state index is 12.2. The number of sulfone groups is 1. The molecular weight excluding hydrogens is 290 g/mol. The number of aliphatic hydroxyl groups excluding tert-OH is 1. The van der Waals surface area contributed by atoms with Crippen molar-refractivity contribution >= 4 is 19.9 Å². The molecule has 1 aromatic carbocycles. The van der Waals surface area contributed by atoms with Crippen LogP contribution in [0.3, 0.4) is 0 Å². The van der Waals surface area contributed by atoms with E-state index >= 15 is 0 Å². The van der Waals surface area contributed by atoms with Gasteiger partial charge in [0.25, 0.3) is 0 Å². The predicted molar refractivity (Wildman–Crippen MR) is 69.7 cm³/mol. The minimum absolute atomic E-state index is 0.00182. The van der Waals surface area contributed by atoms with E-state index in [0.29, 0.717) is 0 Å². The van der Waals surface area contributed by atoms with Crippen molar-refractivity contribution in [2.24, 2.45) is 0 Å². The number of benzene rings is 1. The number of aliphatic hydroxyl groups is 1. The van der Waals surface area contributed by atoms with Gasteiger partial charge in [-0.1, -0.05) is 18.2 Å². The SMILES string of the molecule is O=S1(=O)CCC(NS(=O)(=O)c2ccccc2CO)C1. The molecule has 106 valence electrons. The molecule has 2 N–H and O–H groups in total. The molecule has 6 nitrogen and oxygen atoms in total. The van der Waals surface area contributed by atoms with E-state index in [4.69, 9.17) is 5.11 Å². The molecule has 1 heterocycles. The summed E-state index contributed by atoms with van der Waals surface area (Å²) in [5.74, 6) is -0.171. The Morgan fingerprint density at radius 3 is 2.58 bits per heavy atom. The normalized spacial score (nSPS) is 22.5. The van der Waals surface area contributed by atoms with E-state index in [1.807, 2.05) is 0 Å². The van der Waals surface area contributed by atoms with Crippen molar-refractivity contribution in [2.75, 3.05) is 11.5 Å². The number of hydrogen-bond donors (Lipinski definition) is 2. The van der Waals surface area contributed by atoms with Gasteiger partial charge in [0.15, 0.2) is 9.84 Å². The van der Waals surface area contributed by atoms with Crippen LogP contribution < -0.4 is 4.72 Å². The van der Waals surface area contributed by atoms with E-state index in [1.54, 1.807) is 12.1 Å². The summed E-state index contributed by atoms with van der Waals surface area (Å²) in [5.41, 5.74) is 0.288. The van der Waals surface area contributed by atoms with Crippen LogP contribution in [0, 0.1) is 0 Å². The zero-order valence-electron chi connectivity index (χ0n) is 10.1. The molecule has 0 radical (unpaired) electrons. The largest absolute Gasteiger partial charge is 0.392 e. The maximum absolute atomic E-state index is 12.2. The van der Waals surface area contributed by atoms with Crippen LogP contribution in [0.2, 0.25) is 0 Å². The molecule has 0 bridgehead atoms. The summed E-state index contributed by atoms with van der Waals surface area (Å²) in [4.78, 5) is -0.0122. The van der Waals surface area contributed by atoms with Gasteiger partial charge in [-0.2, -0.15) is 0 Å². The summed E-state index contributed by atoms with van der Waals surface area (Å²) in [7, 11) is -6.95. The highest BCUT2D eigenvalue weighted by molar-refractivity contribution is 7.92. The Hall–Kier alpha value is -0.960. The first-order chi connectivity index (χ1) is 8.84. The van der Waals surface area contributed by atoms with E-state index < -0.39 is 25.9 Å². The number of nitrogens with one attached hydrogen (secondary N) is 1. The van der Waals surface area contributed by atoms with Gasteiger partial charge in [0.1, 0.15) is 0 Å². The van der Waals surface area contributed by atoms with Gasteiger partial charge in [-0.15, -0.1) is 0 Å². The highest BCUT2D eigenvalue weighted by Crippen LogP contribution is 2.18. The molecular formula is C11H15NO5S2. The molecule has 0 amide bonds. The molecule has 19 heavy (non-hydrogen) atoms. The molecule has 1 saturated heterocycles. The van der Waals surface area contributed by atoms with E-state index in [2.05, 4.69) is 4.72 Å². The molecule has 0 spiro atoms. The highest BCUT2D eigenvalue weighted by atomic mass is 32.2. The van der Waals surface area contributed by atoms with E-state index in [-0.39, 0.29) is 35.0 Å². The molecule has 0 aromatic heterocycles. The number of rotatable bonds is 4. The Balaban J connectivity index is 2.24. The van der Waals surface area contributed by atoms with Gasteiger partial charge in [-0.25, -0.2) is 21.6 Å². The lowest BCUT2D eigenvalue weighted by Crippen LogP contribution is -2.36. The second-order valence-corrected chi connectivity index (χ2v) is 8.40. The fourth-order valence-electron chi connectivity index (χ4n) is 2.07. The van der Waals surface area contributed by atoms with Crippen LogP contribution in [-0.2, 0) is 26.5 Å². The lowest BCUT2D eigenvalue weighted by Gasteiger charge is -2.13. The Labute approximate surface area is 112 Å². The van der Waals surface area contributed by atoms with Crippen LogP contribution >= 0.6 is 0 Å². The molecule has 1 aliphatic rings. The molecule has 0 saturated carbocycles. The van der Waals surface area contributed by atoms with Gasteiger partial charge in [-0.05, 0) is 18.1 Å². The lowest BCUT2D eigenvalue weighted by atomic mass is 10.2. The molecule has 1 atom stereocenters. The molecule has 2 rings (SSSR count). The van der Waals surface area contributed by atoms with Gasteiger partial charge in [0.2, 0.25) is 10.0 Å². The van der Waals surface area contributed by atoms with Gasteiger partial charge in [0.05, 0.1) is 23.0 Å². The van der Waals surface area contributed by atoms with Crippen molar-refractivity contribution in [2.45, 2.75) is 24.0 Å². The molecule has 8 heteroatoms. The van der Waals surface area contributed by atoms with Crippen molar-refractivity contribution in [1.82, 2.24) is 4.72 Å². The second-order valence-electron chi connectivity index (χ2n) is 4.49. The van der Waals surface area contributed by atoms with Crippen LogP contribution in [0.4, 0.5) is 0 Å². The molecule has 1 aliphatic heterocycles. The van der Waals surface area contributed by atoms with E-state index in [9.17, 15) is 16.8 Å². The number of hydrogen-bond acceptors (Lipinski definition) is 5. The van der Waals surface area contributed by atoms with Gasteiger partial charge < -0.3 is 5.11 Å². The Morgan fingerprint density at radius 1 is 1.32 bits per heavy atom. The van der Waals surface area contributed by atoms with Crippen molar-refractivity contribution in [3.05, 3.63) is 29.8 Å². The predicted octanol–water partition coefficient (Wildman–Crippen LogP) is -0.356. The Morgan fingerprint density at radius 2 is 2.00 bits per heavy atom. The molecule has 1 fully saturated rings. The average molecular weight is 305 g/mol. The van der Waals surface area contributed by atoms with Crippen molar-refractivity contribution in [1.29, 1.82) is 0 Å². The third kappa shape index (κ3) is 3.33. The minimum Gasteiger partial charge on any atom is -0.392 e. The first-order valence-corrected chi connectivity index (χ1v) is 9.06. The van der Waals surface area contributed by atoms with Crippen LogP contribution in [0.5, 0.6) is 0 Å². The van der Waals surface area contributed by atoms with Crippen molar-refractivity contribution in [3.63, 3.8) is 0 Å². The van der Waals surface area contributed by atoms with Crippen molar-refractivity contribution < 1.29 is 21.9 Å². The standard InChI is InChI=1S/C11H15NO5S2/c13-7-9-3-1-2-4-11(9)19(16,17)12-10-5-6-18(14,15)8-10/h1-4,10,12-13H,5-8H2. The molecule has 0 aliphatic carbocycles. The van der Waals surface area contributed by atoms with Gasteiger partial charge in [-0.3, -0.25) is 0 Å². The van der Waals surface area contributed by atoms with Crippen LogP contribution in [0.1, 0.15) is 12.0 Å². The first-order valence-electron chi connectivity index (χ1n) is 5.75. The summed E-state index contributed by atoms with van der Waals surface area (Å²) in [6, 6.07) is 5.49. The maximum Gasteiger partial charge on any atom is 0.241 e. The number of sulfonamides is 1. The molecule has 1 aromatic rings. The molecule has 1 unspecified atom stereocenters. The summed E-state index contributed by atoms with van der Waals surface area (Å²) in [6.07, 6.45) is 0.281. The van der Waals surface area contributed by atoms with E-state index in [0.717, 1.165) is 0 Å². The average Bonchev–Trinajstić information content (AvgIpc) is 2.67. The lowest BCUT2D eigenvalue weighted by molar-refractivity contribution is 0.278. The quantitative estimate of drug-likeness (QED) is 0.791. The summed E-state index contributed by atoms with van der Waals surface area (Å²) >= 11 is 0. The Kier molecular flexibility index (Phi) is 3.95. The Bertz CT molecular complexity index is 666. The van der Waals surface area contributed by atoms with Crippen LogP contribution in [0.15, 0.2) is 29.2 Å². The monoisotopic (exact) mass is 305 g/mol. The van der Waals surface area contributed by atoms with Crippen LogP contribution in [0.25, 0.3) is 0 Å². The van der Waals surface area contributed by atoms with Gasteiger partial charge >= 0.3 is 0 Å². The first kappa shape index (κ1) is 14.4. The second kappa shape index (κ2) is 5.20. The summed E-state index contributed by atoms with van der Waals surface area (Å²) in [6.45, 7) is -0.389. The fraction of sp³-hybridized carbons (Fsp3) is 0.455. The zero-order valence-corrected chi connectivity index (χ0v) is 11.7. The smallest absolute Gasteiger partial charge is 0.241 e. The zero-order chi connectivity index (χ0) is 14.1. The minimum atomic E-state index is -3.81. The third-order valence-corrected chi connectivity index (χ3v) is 6.38.